The van der Waals surface area contributed by atoms with Gasteiger partial charge in [-0.1, -0.05) is 13.8 Å². The maximum atomic E-state index is 10.6. The van der Waals surface area contributed by atoms with E-state index in [1.807, 2.05) is 0 Å². The van der Waals surface area contributed by atoms with Crippen LogP contribution in [0.15, 0.2) is 6.33 Å². The Bertz CT molecular complexity index is 421. The van der Waals surface area contributed by atoms with Gasteiger partial charge in [-0.15, -0.1) is 0 Å². The predicted molar refractivity (Wildman–Crippen MR) is 75.5 cm³/mol. The van der Waals surface area contributed by atoms with Crippen molar-refractivity contribution in [1.29, 1.82) is 0 Å². The number of anilines is 2. The van der Waals surface area contributed by atoms with E-state index in [2.05, 4.69) is 34.6 Å². The summed E-state index contributed by atoms with van der Waals surface area (Å²) in [7, 11) is 0. The van der Waals surface area contributed by atoms with Crippen LogP contribution >= 0.6 is 0 Å². The first-order valence-corrected chi connectivity index (χ1v) is 6.40. The van der Waals surface area contributed by atoms with E-state index in [-0.39, 0.29) is 11.8 Å². The average Bonchev–Trinajstić information content (AvgIpc) is 2.37. The van der Waals surface area contributed by atoms with Gasteiger partial charge in [0, 0.05) is 18.5 Å². The summed E-state index contributed by atoms with van der Waals surface area (Å²) in [5, 5.41) is 3.24. The molecule has 0 aliphatic rings. The van der Waals surface area contributed by atoms with E-state index < -0.39 is 0 Å². The third-order valence-corrected chi connectivity index (χ3v) is 2.74. The second kappa shape index (κ2) is 7.52. The average molecular weight is 266 g/mol. The zero-order valence-electron chi connectivity index (χ0n) is 11.4. The molecule has 1 aromatic heterocycles. The summed E-state index contributed by atoms with van der Waals surface area (Å²) in [5.41, 5.74) is 8.63. The molecule has 0 radical (unpaired) electrons. The van der Waals surface area contributed by atoms with Crippen molar-refractivity contribution in [3.05, 3.63) is 11.9 Å². The van der Waals surface area contributed by atoms with Crippen molar-refractivity contribution >= 4 is 17.5 Å². The molecule has 0 fully saturated rings. The van der Waals surface area contributed by atoms with E-state index in [9.17, 15) is 4.79 Å². The van der Waals surface area contributed by atoms with Crippen LogP contribution in [0.4, 0.5) is 11.6 Å². The molecule has 0 saturated heterocycles. The van der Waals surface area contributed by atoms with E-state index in [4.69, 9.17) is 11.6 Å². The van der Waals surface area contributed by atoms with Gasteiger partial charge in [0.2, 0.25) is 5.91 Å². The van der Waals surface area contributed by atoms with Gasteiger partial charge in [0.15, 0.2) is 0 Å². The van der Waals surface area contributed by atoms with Gasteiger partial charge >= 0.3 is 0 Å². The standard InChI is InChI=1S/C12H22N6O/c1-8(2)10-11(16-7-17-12(10)18-14)15-6-4-3-5-9(13)19/h7-8H,3-6,14H2,1-2H3,(H2,13,19)(H2,15,16,17,18). The molecule has 0 bridgehead atoms. The lowest BCUT2D eigenvalue weighted by Gasteiger charge is -2.16. The van der Waals surface area contributed by atoms with Crippen molar-refractivity contribution in [2.45, 2.75) is 39.0 Å². The van der Waals surface area contributed by atoms with Gasteiger partial charge in [-0.05, 0) is 18.8 Å². The summed E-state index contributed by atoms with van der Waals surface area (Å²) in [6.07, 6.45) is 3.51. The molecule has 106 valence electrons. The van der Waals surface area contributed by atoms with Crippen molar-refractivity contribution in [3.8, 4) is 0 Å². The lowest BCUT2D eigenvalue weighted by atomic mass is 10.0. The molecule has 0 aromatic carbocycles. The molecule has 19 heavy (non-hydrogen) atoms. The highest BCUT2D eigenvalue weighted by molar-refractivity contribution is 5.73. The zero-order chi connectivity index (χ0) is 14.3. The molecule has 0 unspecified atom stereocenters. The first-order chi connectivity index (χ1) is 9.06. The van der Waals surface area contributed by atoms with Gasteiger partial charge in [0.25, 0.3) is 0 Å². The summed E-state index contributed by atoms with van der Waals surface area (Å²) in [4.78, 5) is 18.9. The first kappa shape index (κ1) is 15.2. The van der Waals surface area contributed by atoms with Crippen LogP contribution in [0, 0.1) is 0 Å². The van der Waals surface area contributed by atoms with Crippen LogP contribution in [0.5, 0.6) is 0 Å². The second-order valence-electron chi connectivity index (χ2n) is 4.63. The second-order valence-corrected chi connectivity index (χ2v) is 4.63. The Kier molecular flexibility index (Phi) is 6.01. The van der Waals surface area contributed by atoms with Crippen LogP contribution in [0.2, 0.25) is 0 Å². The Hall–Kier alpha value is -1.89. The Balaban J connectivity index is 2.60. The normalized spacial score (nSPS) is 10.5. The minimum Gasteiger partial charge on any atom is -0.370 e. The number of primary amides is 1. The molecule has 7 heteroatoms. The quantitative estimate of drug-likeness (QED) is 0.316. The van der Waals surface area contributed by atoms with Gasteiger partial charge in [-0.25, -0.2) is 15.8 Å². The fraction of sp³-hybridized carbons (Fsp3) is 0.583. The number of aromatic nitrogens is 2. The number of nitrogen functional groups attached to an aromatic ring is 1. The third-order valence-electron chi connectivity index (χ3n) is 2.74. The Morgan fingerprint density at radius 2 is 2.00 bits per heavy atom. The molecule has 0 aliphatic heterocycles. The topological polar surface area (TPSA) is 119 Å². The summed E-state index contributed by atoms with van der Waals surface area (Å²) in [6, 6.07) is 0. The Morgan fingerprint density at radius 3 is 2.58 bits per heavy atom. The fourth-order valence-electron chi connectivity index (χ4n) is 1.83. The molecular weight excluding hydrogens is 244 g/mol. The first-order valence-electron chi connectivity index (χ1n) is 6.40. The maximum absolute atomic E-state index is 10.6. The van der Waals surface area contributed by atoms with Crippen molar-refractivity contribution in [2.75, 3.05) is 17.3 Å². The van der Waals surface area contributed by atoms with Crippen molar-refractivity contribution in [3.63, 3.8) is 0 Å². The third kappa shape index (κ3) is 4.70. The van der Waals surface area contributed by atoms with Crippen LogP contribution in [0.3, 0.4) is 0 Å². The molecule has 0 spiro atoms. The number of nitrogens with zero attached hydrogens (tertiary/aromatic N) is 2. The number of rotatable bonds is 8. The van der Waals surface area contributed by atoms with Crippen LogP contribution in [0.25, 0.3) is 0 Å². The fourth-order valence-corrected chi connectivity index (χ4v) is 1.83. The van der Waals surface area contributed by atoms with Gasteiger partial charge < -0.3 is 16.5 Å². The zero-order valence-corrected chi connectivity index (χ0v) is 11.4. The molecule has 7 nitrogen and oxygen atoms in total. The molecule has 1 rings (SSSR count). The van der Waals surface area contributed by atoms with Gasteiger partial charge in [-0.2, -0.15) is 0 Å². The van der Waals surface area contributed by atoms with E-state index >= 15 is 0 Å². The monoisotopic (exact) mass is 266 g/mol. The largest absolute Gasteiger partial charge is 0.370 e. The molecule has 0 aliphatic carbocycles. The van der Waals surface area contributed by atoms with Gasteiger partial charge in [0.05, 0.1) is 0 Å². The van der Waals surface area contributed by atoms with Crippen molar-refractivity contribution < 1.29 is 4.79 Å². The number of nitrogens with two attached hydrogens (primary N) is 2. The van der Waals surface area contributed by atoms with E-state index in [1.165, 1.54) is 6.33 Å². The molecule has 1 aromatic rings. The van der Waals surface area contributed by atoms with Gasteiger partial charge in [0.1, 0.15) is 18.0 Å². The number of carbonyl (C=O) groups is 1. The summed E-state index contributed by atoms with van der Waals surface area (Å²) in [5.74, 6) is 6.84. The molecule has 1 amide bonds. The Labute approximate surface area is 113 Å². The van der Waals surface area contributed by atoms with Crippen LogP contribution < -0.4 is 22.3 Å². The highest BCUT2D eigenvalue weighted by atomic mass is 16.1. The van der Waals surface area contributed by atoms with Gasteiger partial charge in [-0.3, -0.25) is 4.79 Å². The molecule has 0 atom stereocenters. The van der Waals surface area contributed by atoms with E-state index in [0.717, 1.165) is 30.8 Å². The lowest BCUT2D eigenvalue weighted by Crippen LogP contribution is -2.16. The van der Waals surface area contributed by atoms with Crippen molar-refractivity contribution in [1.82, 2.24) is 9.97 Å². The predicted octanol–water partition coefficient (Wildman–Crippen LogP) is 0.953. The maximum Gasteiger partial charge on any atom is 0.217 e. The van der Waals surface area contributed by atoms with E-state index in [0.29, 0.717) is 12.2 Å². The number of hydrogen-bond donors (Lipinski definition) is 4. The highest BCUT2D eigenvalue weighted by Gasteiger charge is 2.13. The van der Waals surface area contributed by atoms with Crippen LogP contribution in [-0.4, -0.2) is 22.4 Å². The smallest absolute Gasteiger partial charge is 0.217 e. The van der Waals surface area contributed by atoms with Crippen molar-refractivity contribution in [2.24, 2.45) is 11.6 Å². The SMILES string of the molecule is CC(C)c1c(NN)ncnc1NCCCCC(N)=O. The molecular formula is C12H22N6O. The lowest BCUT2D eigenvalue weighted by molar-refractivity contribution is -0.118. The number of amides is 1. The Morgan fingerprint density at radius 1 is 1.32 bits per heavy atom. The highest BCUT2D eigenvalue weighted by Crippen LogP contribution is 2.27. The summed E-state index contributed by atoms with van der Waals surface area (Å²) < 4.78 is 0. The number of carbonyl (C=O) groups excluding carboxylic acids is 1. The number of nitrogens with one attached hydrogen (secondary N) is 2. The van der Waals surface area contributed by atoms with E-state index in [1.54, 1.807) is 0 Å². The number of hydrogen-bond acceptors (Lipinski definition) is 6. The minimum atomic E-state index is -0.264. The summed E-state index contributed by atoms with van der Waals surface area (Å²) in [6.45, 7) is 4.84. The van der Waals surface area contributed by atoms with Crippen LogP contribution in [0.1, 0.15) is 44.6 Å². The minimum absolute atomic E-state index is 0.250. The molecule has 6 N–H and O–H groups in total. The number of unbranched alkanes of at least 4 members (excludes halogenated alkanes) is 1. The molecule has 1 heterocycles. The number of hydrazine groups is 1. The van der Waals surface area contributed by atoms with Crippen LogP contribution in [-0.2, 0) is 4.79 Å². The summed E-state index contributed by atoms with van der Waals surface area (Å²) >= 11 is 0. The molecule has 0 saturated carbocycles.